The van der Waals surface area contributed by atoms with Crippen molar-refractivity contribution in [2.75, 3.05) is 5.32 Å². The van der Waals surface area contributed by atoms with E-state index in [1.165, 1.54) is 12.1 Å². The van der Waals surface area contributed by atoms with Gasteiger partial charge in [0.05, 0.1) is 17.0 Å². The number of halogens is 2. The summed E-state index contributed by atoms with van der Waals surface area (Å²) in [5.74, 6) is -0.297. The van der Waals surface area contributed by atoms with Crippen LogP contribution < -0.4 is 10.7 Å². The number of aryl methyl sites for hydroxylation is 1. The summed E-state index contributed by atoms with van der Waals surface area (Å²) in [5.41, 5.74) is 4.03. The molecule has 0 bridgehead atoms. The van der Waals surface area contributed by atoms with Gasteiger partial charge in [-0.15, -0.1) is 0 Å². The van der Waals surface area contributed by atoms with Crippen LogP contribution in [0, 0.1) is 6.92 Å². The first-order valence-corrected chi connectivity index (χ1v) is 8.12. The van der Waals surface area contributed by atoms with Gasteiger partial charge in [0.1, 0.15) is 5.82 Å². The van der Waals surface area contributed by atoms with E-state index in [-0.39, 0.29) is 22.9 Å². The first-order valence-electron chi connectivity index (χ1n) is 7.36. The highest BCUT2D eigenvalue weighted by atomic mass is 35.5. The van der Waals surface area contributed by atoms with Crippen LogP contribution in [-0.4, -0.2) is 22.5 Å². The van der Waals surface area contributed by atoms with Crippen LogP contribution in [0.3, 0.4) is 0 Å². The molecular weight excluding hydrogens is 363 g/mol. The topological polar surface area (TPSA) is 83.4 Å². The Hall–Kier alpha value is -2.44. The lowest BCUT2D eigenvalue weighted by Gasteiger charge is -2.06. The molecule has 8 heteroatoms. The largest absolute Gasteiger partial charge is 0.310 e. The number of anilines is 1. The molecule has 6 nitrogen and oxygen atoms in total. The van der Waals surface area contributed by atoms with Crippen molar-refractivity contribution < 1.29 is 9.59 Å². The number of hydrogen-bond donors (Lipinski definition) is 2. The van der Waals surface area contributed by atoms with Gasteiger partial charge in [0.25, 0.3) is 5.91 Å². The molecule has 0 fully saturated rings. The van der Waals surface area contributed by atoms with E-state index in [2.05, 4.69) is 20.8 Å². The van der Waals surface area contributed by atoms with Crippen LogP contribution in [0.2, 0.25) is 10.0 Å². The summed E-state index contributed by atoms with van der Waals surface area (Å²) < 4.78 is 0. The molecular formula is C17H16Cl2N4O2. The van der Waals surface area contributed by atoms with Crippen molar-refractivity contribution in [1.29, 1.82) is 0 Å². The molecule has 2 aromatic rings. The van der Waals surface area contributed by atoms with Crippen molar-refractivity contribution in [3.63, 3.8) is 0 Å². The van der Waals surface area contributed by atoms with Gasteiger partial charge in [-0.1, -0.05) is 23.2 Å². The van der Waals surface area contributed by atoms with Crippen molar-refractivity contribution in [2.24, 2.45) is 5.10 Å². The Morgan fingerprint density at radius 3 is 2.64 bits per heavy atom. The number of rotatable bonds is 5. The molecule has 1 aromatic heterocycles. The van der Waals surface area contributed by atoms with Gasteiger partial charge in [-0.3, -0.25) is 9.59 Å². The average Bonchev–Trinajstić information content (AvgIpc) is 2.52. The first kappa shape index (κ1) is 18.9. The number of nitrogens with zero attached hydrogens (tertiary/aromatic N) is 2. The molecule has 0 saturated heterocycles. The minimum absolute atomic E-state index is 0.0181. The summed E-state index contributed by atoms with van der Waals surface area (Å²) in [7, 11) is 0. The summed E-state index contributed by atoms with van der Waals surface area (Å²) in [6, 6.07) is 8.12. The Bertz CT molecular complexity index is 837. The number of aromatic nitrogens is 1. The molecule has 0 atom stereocenters. The SMILES string of the molecule is C/C(CC(=O)Nc1cc(C)ccn1)=N\NC(=O)c1ccc(Cl)cc1Cl. The van der Waals surface area contributed by atoms with Crippen molar-refractivity contribution in [3.05, 3.63) is 57.7 Å². The number of nitrogens with one attached hydrogen (secondary N) is 2. The molecule has 2 rings (SSSR count). The quantitative estimate of drug-likeness (QED) is 0.612. The van der Waals surface area contributed by atoms with Crippen LogP contribution in [0.1, 0.15) is 29.3 Å². The molecule has 130 valence electrons. The number of amides is 2. The van der Waals surface area contributed by atoms with Crippen LogP contribution in [0.4, 0.5) is 5.82 Å². The molecule has 0 aliphatic carbocycles. The Kier molecular flexibility index (Phi) is 6.50. The van der Waals surface area contributed by atoms with E-state index >= 15 is 0 Å². The fourth-order valence-electron chi connectivity index (χ4n) is 1.94. The summed E-state index contributed by atoms with van der Waals surface area (Å²) >= 11 is 11.8. The molecule has 2 N–H and O–H groups in total. The second-order valence-corrected chi connectivity index (χ2v) is 6.20. The summed E-state index contributed by atoms with van der Waals surface area (Å²) in [5, 5.41) is 7.23. The Morgan fingerprint density at radius 2 is 1.96 bits per heavy atom. The zero-order chi connectivity index (χ0) is 18.4. The molecule has 0 spiro atoms. The van der Waals surface area contributed by atoms with E-state index in [0.29, 0.717) is 16.6 Å². The van der Waals surface area contributed by atoms with Crippen LogP contribution >= 0.6 is 23.2 Å². The average molecular weight is 379 g/mol. The Balaban J connectivity index is 1.92. The molecule has 0 radical (unpaired) electrons. The van der Waals surface area contributed by atoms with E-state index in [1.54, 1.807) is 25.3 Å². The molecule has 2 amide bonds. The van der Waals surface area contributed by atoms with E-state index in [4.69, 9.17) is 23.2 Å². The van der Waals surface area contributed by atoms with Gasteiger partial charge in [0.15, 0.2) is 0 Å². The summed E-state index contributed by atoms with van der Waals surface area (Å²) in [4.78, 5) is 28.0. The lowest BCUT2D eigenvalue weighted by Crippen LogP contribution is -2.22. The lowest BCUT2D eigenvalue weighted by molar-refractivity contribution is -0.115. The van der Waals surface area contributed by atoms with Gasteiger partial charge in [0, 0.05) is 16.9 Å². The van der Waals surface area contributed by atoms with Crippen LogP contribution in [0.25, 0.3) is 0 Å². The predicted octanol–water partition coefficient (Wildman–Crippen LogP) is 3.83. The molecule has 0 aliphatic rings. The monoisotopic (exact) mass is 378 g/mol. The van der Waals surface area contributed by atoms with E-state index in [1.807, 2.05) is 13.0 Å². The highest BCUT2D eigenvalue weighted by Crippen LogP contribution is 2.20. The fraction of sp³-hybridized carbons (Fsp3) is 0.176. The van der Waals surface area contributed by atoms with E-state index in [0.717, 1.165) is 5.56 Å². The highest BCUT2D eigenvalue weighted by Gasteiger charge is 2.11. The molecule has 0 unspecified atom stereocenters. The van der Waals surface area contributed by atoms with Crippen LogP contribution in [-0.2, 0) is 4.79 Å². The Morgan fingerprint density at radius 1 is 1.20 bits per heavy atom. The third-order valence-corrected chi connectivity index (χ3v) is 3.67. The standard InChI is InChI=1S/C17H16Cl2N4O2/c1-10-5-6-20-15(7-10)21-16(24)8-11(2)22-23-17(25)13-4-3-12(18)9-14(13)19/h3-7,9H,8H2,1-2H3,(H,23,25)(H,20,21,24)/b22-11+. The lowest BCUT2D eigenvalue weighted by atomic mass is 10.2. The van der Waals surface area contributed by atoms with Crippen LogP contribution in [0.15, 0.2) is 41.6 Å². The zero-order valence-electron chi connectivity index (χ0n) is 13.6. The molecule has 1 heterocycles. The molecule has 25 heavy (non-hydrogen) atoms. The zero-order valence-corrected chi connectivity index (χ0v) is 15.1. The van der Waals surface area contributed by atoms with Gasteiger partial charge in [0.2, 0.25) is 5.91 Å². The molecule has 0 saturated carbocycles. The number of carbonyl (C=O) groups is 2. The van der Waals surface area contributed by atoms with Gasteiger partial charge in [-0.05, 0) is 49.7 Å². The van der Waals surface area contributed by atoms with Crippen molar-refractivity contribution in [2.45, 2.75) is 20.3 Å². The van der Waals surface area contributed by atoms with Gasteiger partial charge < -0.3 is 5.32 Å². The summed E-state index contributed by atoms with van der Waals surface area (Å²) in [6.45, 7) is 3.54. The maximum absolute atomic E-state index is 12.0. The van der Waals surface area contributed by atoms with Gasteiger partial charge in [-0.2, -0.15) is 5.10 Å². The Labute approximate surface area is 155 Å². The van der Waals surface area contributed by atoms with E-state index < -0.39 is 5.91 Å². The number of carbonyl (C=O) groups excluding carboxylic acids is 2. The minimum atomic E-state index is -0.484. The normalized spacial score (nSPS) is 11.1. The highest BCUT2D eigenvalue weighted by molar-refractivity contribution is 6.36. The van der Waals surface area contributed by atoms with E-state index in [9.17, 15) is 9.59 Å². The number of pyridine rings is 1. The third kappa shape index (κ3) is 5.85. The van der Waals surface area contributed by atoms with Crippen LogP contribution in [0.5, 0.6) is 0 Å². The maximum Gasteiger partial charge on any atom is 0.272 e. The van der Waals surface area contributed by atoms with Crippen molar-refractivity contribution >= 4 is 46.5 Å². The maximum atomic E-state index is 12.0. The van der Waals surface area contributed by atoms with Gasteiger partial charge >= 0.3 is 0 Å². The third-order valence-electron chi connectivity index (χ3n) is 3.12. The number of hydrogen-bond acceptors (Lipinski definition) is 4. The number of hydrazone groups is 1. The molecule has 1 aromatic carbocycles. The summed E-state index contributed by atoms with van der Waals surface area (Å²) in [6.07, 6.45) is 1.63. The predicted molar refractivity (Wildman–Crippen MR) is 99.3 cm³/mol. The molecule has 0 aliphatic heterocycles. The first-order chi connectivity index (χ1) is 11.8. The second-order valence-electron chi connectivity index (χ2n) is 5.36. The second kappa shape index (κ2) is 8.60. The van der Waals surface area contributed by atoms with Gasteiger partial charge in [-0.25, -0.2) is 10.4 Å². The minimum Gasteiger partial charge on any atom is -0.310 e. The van der Waals surface area contributed by atoms with Crippen molar-refractivity contribution in [3.8, 4) is 0 Å². The number of benzene rings is 1. The van der Waals surface area contributed by atoms with Crippen molar-refractivity contribution in [1.82, 2.24) is 10.4 Å². The fourth-order valence-corrected chi connectivity index (χ4v) is 2.44. The smallest absolute Gasteiger partial charge is 0.272 e.